The molecule has 1 amide bonds. The molecule has 2 aromatic rings. The van der Waals surface area contributed by atoms with Crippen molar-refractivity contribution in [1.82, 2.24) is 4.90 Å². The summed E-state index contributed by atoms with van der Waals surface area (Å²) in [4.78, 5) is 14.3. The number of likely N-dealkylation sites (tertiary alicyclic amines) is 1. The lowest BCUT2D eigenvalue weighted by Gasteiger charge is -2.37. The van der Waals surface area contributed by atoms with Gasteiger partial charge in [-0.25, -0.2) is 0 Å². The average Bonchev–Trinajstić information content (AvgIpc) is 3.09. The van der Waals surface area contributed by atoms with Gasteiger partial charge in [0.15, 0.2) is 5.76 Å². The minimum Gasteiger partial charge on any atom is -0.459 e. The molecule has 4 heteroatoms. The van der Waals surface area contributed by atoms with Gasteiger partial charge in [-0.15, -0.1) is 0 Å². The number of benzene rings is 1. The quantitative estimate of drug-likeness (QED) is 0.871. The van der Waals surface area contributed by atoms with E-state index in [0.717, 1.165) is 12.8 Å². The largest absolute Gasteiger partial charge is 0.459 e. The molecule has 1 aromatic carbocycles. The fourth-order valence-electron chi connectivity index (χ4n) is 3.17. The molecule has 1 aliphatic heterocycles. The Morgan fingerprint density at radius 3 is 2.77 bits per heavy atom. The van der Waals surface area contributed by atoms with E-state index in [1.165, 1.54) is 11.8 Å². The number of rotatable bonds is 4. The van der Waals surface area contributed by atoms with E-state index in [0.29, 0.717) is 24.8 Å². The zero-order valence-electron chi connectivity index (χ0n) is 12.8. The van der Waals surface area contributed by atoms with Crippen molar-refractivity contribution in [2.75, 3.05) is 20.2 Å². The van der Waals surface area contributed by atoms with Gasteiger partial charge in [0.05, 0.1) is 12.4 Å². The Labute approximate surface area is 130 Å². The van der Waals surface area contributed by atoms with Gasteiger partial charge in [-0.3, -0.25) is 4.79 Å². The van der Waals surface area contributed by atoms with E-state index in [-0.39, 0.29) is 12.0 Å². The Balaban J connectivity index is 1.71. The normalized spacial score (nSPS) is 21.8. The highest BCUT2D eigenvalue weighted by Gasteiger charge is 2.32. The zero-order chi connectivity index (χ0) is 15.4. The highest BCUT2D eigenvalue weighted by molar-refractivity contribution is 5.91. The van der Waals surface area contributed by atoms with Crippen LogP contribution in [0, 0.1) is 5.92 Å². The van der Waals surface area contributed by atoms with Crippen LogP contribution in [0.3, 0.4) is 0 Å². The molecule has 22 heavy (non-hydrogen) atoms. The first-order valence-corrected chi connectivity index (χ1v) is 7.67. The second kappa shape index (κ2) is 6.79. The fourth-order valence-corrected chi connectivity index (χ4v) is 3.17. The van der Waals surface area contributed by atoms with Gasteiger partial charge in [0.1, 0.15) is 0 Å². The van der Waals surface area contributed by atoms with Gasteiger partial charge in [0.2, 0.25) is 0 Å². The van der Waals surface area contributed by atoms with Gasteiger partial charge in [-0.2, -0.15) is 0 Å². The standard InChI is InChI=1S/C18H21NO3/c1-21-16-9-10-19(18(20)17-8-5-11-22-17)13-15(16)12-14-6-3-2-4-7-14/h2-8,11,15-16H,9-10,12-13H2,1H3/t15-,16-/m0/s1. The first kappa shape index (κ1) is 14.9. The molecule has 0 N–H and O–H groups in total. The molecule has 3 rings (SSSR count). The second-order valence-electron chi connectivity index (χ2n) is 5.74. The third kappa shape index (κ3) is 3.22. The Hall–Kier alpha value is -2.07. The SMILES string of the molecule is CO[C@H]1CCN(C(=O)c2ccco2)C[C@@H]1Cc1ccccc1. The number of piperidine rings is 1. The van der Waals surface area contributed by atoms with Crippen LogP contribution < -0.4 is 0 Å². The first-order chi connectivity index (χ1) is 10.8. The summed E-state index contributed by atoms with van der Waals surface area (Å²) >= 11 is 0. The summed E-state index contributed by atoms with van der Waals surface area (Å²) in [6.07, 6.45) is 3.51. The highest BCUT2D eigenvalue weighted by Crippen LogP contribution is 2.25. The molecule has 0 bridgehead atoms. The van der Waals surface area contributed by atoms with Crippen molar-refractivity contribution in [3.05, 3.63) is 60.1 Å². The van der Waals surface area contributed by atoms with E-state index < -0.39 is 0 Å². The maximum atomic E-state index is 12.4. The fraction of sp³-hybridized carbons (Fsp3) is 0.389. The Kier molecular flexibility index (Phi) is 4.59. The van der Waals surface area contributed by atoms with Crippen LogP contribution in [0.4, 0.5) is 0 Å². The monoisotopic (exact) mass is 299 g/mol. The van der Waals surface area contributed by atoms with Gasteiger partial charge in [0, 0.05) is 26.1 Å². The van der Waals surface area contributed by atoms with Crippen LogP contribution in [-0.2, 0) is 11.2 Å². The lowest BCUT2D eigenvalue weighted by Crippen LogP contribution is -2.47. The van der Waals surface area contributed by atoms with Crippen LogP contribution in [0.1, 0.15) is 22.5 Å². The molecule has 0 radical (unpaired) electrons. The molecular formula is C18H21NO3. The summed E-state index contributed by atoms with van der Waals surface area (Å²) in [7, 11) is 1.76. The van der Waals surface area contributed by atoms with E-state index in [1.807, 2.05) is 23.1 Å². The molecule has 0 saturated carbocycles. The number of ether oxygens (including phenoxy) is 1. The van der Waals surface area contributed by atoms with Crippen molar-refractivity contribution in [1.29, 1.82) is 0 Å². The van der Waals surface area contributed by atoms with Crippen molar-refractivity contribution < 1.29 is 13.9 Å². The molecule has 0 aliphatic carbocycles. The van der Waals surface area contributed by atoms with Crippen molar-refractivity contribution in [2.24, 2.45) is 5.92 Å². The van der Waals surface area contributed by atoms with E-state index in [9.17, 15) is 4.79 Å². The predicted octanol–water partition coefficient (Wildman–Crippen LogP) is 3.00. The molecule has 0 spiro atoms. The summed E-state index contributed by atoms with van der Waals surface area (Å²) in [5, 5.41) is 0. The number of carbonyl (C=O) groups is 1. The smallest absolute Gasteiger partial charge is 0.289 e. The van der Waals surface area contributed by atoms with Crippen LogP contribution in [-0.4, -0.2) is 37.1 Å². The minimum absolute atomic E-state index is 0.0300. The number of hydrogen-bond donors (Lipinski definition) is 0. The lowest BCUT2D eigenvalue weighted by atomic mass is 9.88. The highest BCUT2D eigenvalue weighted by atomic mass is 16.5. The zero-order valence-corrected chi connectivity index (χ0v) is 12.8. The molecule has 4 nitrogen and oxygen atoms in total. The number of nitrogens with zero attached hydrogens (tertiary/aromatic N) is 1. The summed E-state index contributed by atoms with van der Waals surface area (Å²) in [5.41, 5.74) is 1.28. The van der Waals surface area contributed by atoms with E-state index in [4.69, 9.17) is 9.15 Å². The van der Waals surface area contributed by atoms with Gasteiger partial charge in [-0.1, -0.05) is 30.3 Å². The molecule has 1 aromatic heterocycles. The van der Waals surface area contributed by atoms with Crippen LogP contribution >= 0.6 is 0 Å². The molecule has 0 unspecified atom stereocenters. The van der Waals surface area contributed by atoms with E-state index >= 15 is 0 Å². The van der Waals surface area contributed by atoms with Crippen LogP contribution in [0.15, 0.2) is 53.1 Å². The van der Waals surface area contributed by atoms with Gasteiger partial charge >= 0.3 is 0 Å². The van der Waals surface area contributed by atoms with Gasteiger partial charge < -0.3 is 14.1 Å². The van der Waals surface area contributed by atoms with Gasteiger partial charge in [-0.05, 0) is 30.5 Å². The first-order valence-electron chi connectivity index (χ1n) is 7.67. The van der Waals surface area contributed by atoms with Crippen molar-refractivity contribution in [3.63, 3.8) is 0 Å². The van der Waals surface area contributed by atoms with Crippen molar-refractivity contribution in [2.45, 2.75) is 18.9 Å². The van der Waals surface area contributed by atoms with Crippen LogP contribution in [0.5, 0.6) is 0 Å². The number of furan rings is 1. The number of hydrogen-bond acceptors (Lipinski definition) is 3. The summed E-state index contributed by atoms with van der Waals surface area (Å²) < 4.78 is 10.9. The molecule has 2 atom stereocenters. The summed E-state index contributed by atoms with van der Waals surface area (Å²) in [6.45, 7) is 1.41. The number of amides is 1. The third-order valence-electron chi connectivity index (χ3n) is 4.33. The van der Waals surface area contributed by atoms with Crippen molar-refractivity contribution >= 4 is 5.91 Å². The summed E-state index contributed by atoms with van der Waals surface area (Å²) in [5.74, 6) is 0.687. The number of carbonyl (C=O) groups excluding carboxylic acids is 1. The average molecular weight is 299 g/mol. The minimum atomic E-state index is -0.0300. The molecule has 2 heterocycles. The summed E-state index contributed by atoms with van der Waals surface area (Å²) in [6, 6.07) is 13.8. The topological polar surface area (TPSA) is 42.7 Å². The molecule has 1 saturated heterocycles. The van der Waals surface area contributed by atoms with Crippen LogP contribution in [0.25, 0.3) is 0 Å². The van der Waals surface area contributed by atoms with Gasteiger partial charge in [0.25, 0.3) is 5.91 Å². The maximum absolute atomic E-state index is 12.4. The van der Waals surface area contributed by atoms with E-state index in [2.05, 4.69) is 12.1 Å². The Bertz CT molecular complexity index is 594. The van der Waals surface area contributed by atoms with Crippen LogP contribution in [0.2, 0.25) is 0 Å². The number of methoxy groups -OCH3 is 1. The lowest BCUT2D eigenvalue weighted by molar-refractivity contribution is -0.00389. The van der Waals surface area contributed by atoms with E-state index in [1.54, 1.807) is 19.2 Å². The van der Waals surface area contributed by atoms with Crippen molar-refractivity contribution in [3.8, 4) is 0 Å². The second-order valence-corrected chi connectivity index (χ2v) is 5.74. The Morgan fingerprint density at radius 2 is 2.09 bits per heavy atom. The Morgan fingerprint density at radius 1 is 1.27 bits per heavy atom. The maximum Gasteiger partial charge on any atom is 0.289 e. The third-order valence-corrected chi connectivity index (χ3v) is 4.33. The molecule has 1 aliphatic rings. The predicted molar refractivity (Wildman–Crippen MR) is 83.7 cm³/mol. The molecule has 116 valence electrons. The molecule has 1 fully saturated rings. The molecular weight excluding hydrogens is 278 g/mol.